The van der Waals surface area contributed by atoms with Crippen molar-refractivity contribution in [2.45, 2.75) is 6.92 Å². The van der Waals surface area contributed by atoms with E-state index in [0.29, 0.717) is 31.9 Å². The Kier molecular flexibility index (Phi) is 4.46. The zero-order valence-corrected chi connectivity index (χ0v) is 12.4. The predicted octanol–water partition coefficient (Wildman–Crippen LogP) is 1.14. The maximum Gasteiger partial charge on any atom is 0.312 e. The van der Waals surface area contributed by atoms with Gasteiger partial charge in [-0.3, -0.25) is 14.9 Å². The van der Waals surface area contributed by atoms with Crippen LogP contribution in [0, 0.1) is 21.4 Å². The van der Waals surface area contributed by atoms with Crippen LogP contribution in [0.1, 0.15) is 12.5 Å². The van der Waals surface area contributed by atoms with Gasteiger partial charge in [0.15, 0.2) is 5.75 Å². The lowest BCUT2D eigenvalue weighted by Crippen LogP contribution is -2.48. The van der Waals surface area contributed by atoms with Gasteiger partial charge in [-0.15, -0.1) is 0 Å². The first-order valence-electron chi connectivity index (χ1n) is 6.75. The third-order valence-corrected chi connectivity index (χ3v) is 3.68. The number of amides is 1. The Morgan fingerprint density at radius 1 is 1.36 bits per heavy atom. The second-order valence-electron chi connectivity index (χ2n) is 4.90. The lowest BCUT2D eigenvalue weighted by atomic mass is 10.1. The lowest BCUT2D eigenvalue weighted by molar-refractivity contribution is -0.385. The third kappa shape index (κ3) is 2.93. The molecule has 0 spiro atoms. The van der Waals surface area contributed by atoms with Crippen LogP contribution in [0.3, 0.4) is 0 Å². The van der Waals surface area contributed by atoms with Crippen molar-refractivity contribution in [1.82, 2.24) is 4.90 Å². The fourth-order valence-corrected chi connectivity index (χ4v) is 2.48. The average molecular weight is 304 g/mol. The summed E-state index contributed by atoms with van der Waals surface area (Å²) < 4.78 is 5.05. The molecule has 1 fully saturated rings. The van der Waals surface area contributed by atoms with Gasteiger partial charge in [0.1, 0.15) is 6.07 Å². The zero-order valence-electron chi connectivity index (χ0n) is 12.4. The molecule has 22 heavy (non-hydrogen) atoms. The summed E-state index contributed by atoms with van der Waals surface area (Å²) in [6.07, 6.45) is 0. The average Bonchev–Trinajstić information content (AvgIpc) is 2.53. The van der Waals surface area contributed by atoms with Gasteiger partial charge in [-0.25, -0.2) is 0 Å². The van der Waals surface area contributed by atoms with E-state index in [0.717, 1.165) is 0 Å². The van der Waals surface area contributed by atoms with Gasteiger partial charge in [0.25, 0.3) is 0 Å². The van der Waals surface area contributed by atoms with Crippen molar-refractivity contribution in [3.8, 4) is 11.8 Å². The van der Waals surface area contributed by atoms with E-state index in [2.05, 4.69) is 0 Å². The molecule has 0 unspecified atom stereocenters. The number of nitriles is 1. The van der Waals surface area contributed by atoms with Crippen molar-refractivity contribution in [2.75, 3.05) is 38.2 Å². The second-order valence-corrected chi connectivity index (χ2v) is 4.90. The summed E-state index contributed by atoms with van der Waals surface area (Å²) in [7, 11) is 1.35. The van der Waals surface area contributed by atoms with Gasteiger partial charge in [-0.2, -0.15) is 5.26 Å². The molecule has 1 aromatic rings. The second kappa shape index (κ2) is 6.30. The van der Waals surface area contributed by atoms with Gasteiger partial charge in [-0.05, 0) is 0 Å². The quantitative estimate of drug-likeness (QED) is 0.613. The monoisotopic (exact) mass is 304 g/mol. The molecular weight excluding hydrogens is 288 g/mol. The minimum Gasteiger partial charge on any atom is -0.490 e. The van der Waals surface area contributed by atoms with Crippen molar-refractivity contribution in [1.29, 1.82) is 5.26 Å². The molecule has 1 aliphatic rings. The largest absolute Gasteiger partial charge is 0.490 e. The van der Waals surface area contributed by atoms with Crippen molar-refractivity contribution >= 4 is 17.3 Å². The van der Waals surface area contributed by atoms with Crippen LogP contribution < -0.4 is 9.64 Å². The van der Waals surface area contributed by atoms with E-state index in [1.165, 1.54) is 26.2 Å². The van der Waals surface area contributed by atoms with Crippen LogP contribution in [0.15, 0.2) is 12.1 Å². The number of hydrogen-bond acceptors (Lipinski definition) is 6. The van der Waals surface area contributed by atoms with Gasteiger partial charge >= 0.3 is 5.69 Å². The van der Waals surface area contributed by atoms with Gasteiger partial charge in [-0.1, -0.05) is 0 Å². The number of piperazine rings is 1. The highest BCUT2D eigenvalue weighted by molar-refractivity contribution is 5.74. The van der Waals surface area contributed by atoms with E-state index in [-0.39, 0.29) is 22.9 Å². The fourth-order valence-electron chi connectivity index (χ4n) is 2.48. The Hall–Kier alpha value is -2.82. The number of nitrogens with zero attached hydrogens (tertiary/aromatic N) is 4. The molecule has 0 aromatic heterocycles. The van der Waals surface area contributed by atoms with Crippen LogP contribution in [0.5, 0.6) is 5.75 Å². The molecule has 1 heterocycles. The Morgan fingerprint density at radius 2 is 2.00 bits per heavy atom. The molecular formula is C14H16N4O4. The molecule has 0 bridgehead atoms. The molecule has 8 heteroatoms. The highest BCUT2D eigenvalue weighted by Crippen LogP contribution is 2.35. The van der Waals surface area contributed by atoms with Gasteiger partial charge < -0.3 is 14.5 Å². The van der Waals surface area contributed by atoms with Crippen molar-refractivity contribution in [2.24, 2.45) is 0 Å². The van der Waals surface area contributed by atoms with Crippen LogP contribution in [0.2, 0.25) is 0 Å². The van der Waals surface area contributed by atoms with Crippen LogP contribution >= 0.6 is 0 Å². The third-order valence-electron chi connectivity index (χ3n) is 3.68. The number of methoxy groups -OCH3 is 1. The number of benzene rings is 1. The number of ether oxygens (including phenoxy) is 1. The molecule has 0 radical (unpaired) electrons. The molecule has 1 aliphatic heterocycles. The standard InChI is InChI=1S/C14H16N4O4/c1-10(19)16-3-5-17(6-4-16)12-8-14(22-2)13(18(20)21)7-11(12)9-15/h7-8H,3-6H2,1-2H3. The minimum atomic E-state index is -0.572. The fraction of sp³-hybridized carbons (Fsp3) is 0.429. The number of nitro groups is 1. The first kappa shape index (κ1) is 15.6. The van der Waals surface area contributed by atoms with Crippen LogP contribution in [0.25, 0.3) is 0 Å². The minimum absolute atomic E-state index is 0.0152. The Bertz CT molecular complexity index is 645. The Balaban J connectivity index is 2.34. The summed E-state index contributed by atoms with van der Waals surface area (Å²) in [6, 6.07) is 4.73. The summed E-state index contributed by atoms with van der Waals surface area (Å²) in [5.74, 6) is 0.134. The van der Waals surface area contributed by atoms with E-state index in [4.69, 9.17) is 4.74 Å². The van der Waals surface area contributed by atoms with Crippen molar-refractivity contribution in [3.05, 3.63) is 27.8 Å². The number of carbonyl (C=O) groups is 1. The van der Waals surface area contributed by atoms with Crippen molar-refractivity contribution < 1.29 is 14.5 Å². The number of rotatable bonds is 3. The van der Waals surface area contributed by atoms with Crippen LogP contribution in [-0.2, 0) is 4.79 Å². The van der Waals surface area contributed by atoms with E-state index in [1.54, 1.807) is 4.90 Å². The first-order chi connectivity index (χ1) is 10.5. The SMILES string of the molecule is COc1cc(N2CCN(C(C)=O)CC2)c(C#N)cc1[N+](=O)[O-]. The van der Waals surface area contributed by atoms with E-state index in [1.807, 2.05) is 11.0 Å². The lowest BCUT2D eigenvalue weighted by Gasteiger charge is -2.36. The highest BCUT2D eigenvalue weighted by Gasteiger charge is 2.25. The summed E-state index contributed by atoms with van der Waals surface area (Å²) in [4.78, 5) is 25.4. The van der Waals surface area contributed by atoms with Gasteiger partial charge in [0, 0.05) is 45.2 Å². The molecule has 0 atom stereocenters. The Labute approximate surface area is 127 Å². The van der Waals surface area contributed by atoms with E-state index in [9.17, 15) is 20.2 Å². The summed E-state index contributed by atoms with van der Waals surface area (Å²) in [5, 5.41) is 20.3. The molecule has 8 nitrogen and oxygen atoms in total. The van der Waals surface area contributed by atoms with Crippen LogP contribution in [0.4, 0.5) is 11.4 Å². The number of hydrogen-bond donors (Lipinski definition) is 0. The summed E-state index contributed by atoms with van der Waals surface area (Å²) in [5.41, 5.74) is 0.585. The maximum atomic E-state index is 11.3. The molecule has 116 valence electrons. The number of nitro benzene ring substituents is 1. The zero-order chi connectivity index (χ0) is 16.3. The number of anilines is 1. The molecule has 1 aromatic carbocycles. The molecule has 1 saturated heterocycles. The van der Waals surface area contributed by atoms with Crippen molar-refractivity contribution in [3.63, 3.8) is 0 Å². The molecule has 0 N–H and O–H groups in total. The predicted molar refractivity (Wildman–Crippen MR) is 78.8 cm³/mol. The number of carbonyl (C=O) groups excluding carboxylic acids is 1. The molecule has 0 aliphatic carbocycles. The van der Waals surface area contributed by atoms with Gasteiger partial charge in [0.05, 0.1) is 23.3 Å². The van der Waals surface area contributed by atoms with E-state index >= 15 is 0 Å². The first-order valence-corrected chi connectivity index (χ1v) is 6.75. The molecule has 2 rings (SSSR count). The van der Waals surface area contributed by atoms with Crippen LogP contribution in [-0.4, -0.2) is 49.0 Å². The normalized spacial score (nSPS) is 14.4. The summed E-state index contributed by atoms with van der Waals surface area (Å²) >= 11 is 0. The molecule has 1 amide bonds. The van der Waals surface area contributed by atoms with Gasteiger partial charge in [0.2, 0.25) is 5.91 Å². The Morgan fingerprint density at radius 3 is 2.45 bits per heavy atom. The highest BCUT2D eigenvalue weighted by atomic mass is 16.6. The smallest absolute Gasteiger partial charge is 0.312 e. The summed E-state index contributed by atoms with van der Waals surface area (Å²) in [6.45, 7) is 3.76. The van der Waals surface area contributed by atoms with E-state index < -0.39 is 4.92 Å². The maximum absolute atomic E-state index is 11.3. The molecule has 0 saturated carbocycles. The topological polar surface area (TPSA) is 99.7 Å².